The molecule has 7 nitrogen and oxygen atoms in total. The van der Waals surface area contributed by atoms with Crippen molar-refractivity contribution in [3.63, 3.8) is 0 Å². The number of carbonyl (C=O) groups excluding carboxylic acids is 2. The number of benzene rings is 2. The maximum absolute atomic E-state index is 13.0. The van der Waals surface area contributed by atoms with E-state index in [4.69, 9.17) is 4.74 Å². The fourth-order valence-electron chi connectivity index (χ4n) is 3.86. The van der Waals surface area contributed by atoms with Gasteiger partial charge in [0.15, 0.2) is 6.61 Å². The number of nitrogens with zero attached hydrogens (tertiary/aromatic N) is 2. The van der Waals surface area contributed by atoms with Gasteiger partial charge < -0.3 is 9.64 Å². The Bertz CT molecular complexity index is 1080. The Balaban J connectivity index is 1.70. The minimum atomic E-state index is -3.67. The van der Waals surface area contributed by atoms with Crippen LogP contribution in [0.2, 0.25) is 0 Å². The normalized spacial score (nSPS) is 14.8. The van der Waals surface area contributed by atoms with Crippen LogP contribution in [0.3, 0.4) is 0 Å². The summed E-state index contributed by atoms with van der Waals surface area (Å²) in [4.78, 5) is 27.3. The third kappa shape index (κ3) is 6.21. The molecule has 1 heterocycles. The van der Waals surface area contributed by atoms with E-state index in [1.807, 2.05) is 44.2 Å². The summed E-state index contributed by atoms with van der Waals surface area (Å²) in [6, 6.07) is 14.0. The van der Waals surface area contributed by atoms with Gasteiger partial charge in [-0.1, -0.05) is 42.8 Å². The lowest BCUT2D eigenvalue weighted by atomic mass is 10.1. The Morgan fingerprint density at radius 1 is 1.03 bits per heavy atom. The van der Waals surface area contributed by atoms with Crippen LogP contribution in [0.1, 0.15) is 54.6 Å². The highest BCUT2D eigenvalue weighted by Crippen LogP contribution is 2.23. The number of carbonyl (C=O) groups is 2. The second-order valence-corrected chi connectivity index (χ2v) is 10.6. The number of sulfonamides is 1. The molecule has 0 radical (unpaired) electrons. The topological polar surface area (TPSA) is 84.0 Å². The summed E-state index contributed by atoms with van der Waals surface area (Å²) in [5.74, 6) is -1.02. The average molecular weight is 473 g/mol. The van der Waals surface area contributed by atoms with Gasteiger partial charge in [-0.3, -0.25) is 4.79 Å². The summed E-state index contributed by atoms with van der Waals surface area (Å²) in [6.45, 7) is 6.49. The molecule has 2 aromatic rings. The van der Waals surface area contributed by atoms with Crippen LogP contribution < -0.4 is 0 Å². The highest BCUT2D eigenvalue weighted by molar-refractivity contribution is 7.89. The van der Waals surface area contributed by atoms with E-state index >= 15 is 0 Å². The van der Waals surface area contributed by atoms with Crippen LogP contribution in [-0.4, -0.2) is 55.2 Å². The summed E-state index contributed by atoms with van der Waals surface area (Å²) in [5.41, 5.74) is 1.73. The first-order valence-corrected chi connectivity index (χ1v) is 12.8. The van der Waals surface area contributed by atoms with E-state index in [0.717, 1.165) is 24.8 Å². The molecule has 1 amide bonds. The van der Waals surface area contributed by atoms with Crippen LogP contribution in [0.5, 0.6) is 0 Å². The fraction of sp³-hybridized carbons (Fsp3) is 0.440. The average Bonchev–Trinajstić information content (AvgIpc) is 2.82. The Morgan fingerprint density at radius 2 is 1.70 bits per heavy atom. The van der Waals surface area contributed by atoms with Crippen molar-refractivity contribution in [2.45, 2.75) is 57.5 Å². The third-order valence-electron chi connectivity index (χ3n) is 5.85. The number of esters is 1. The summed E-state index contributed by atoms with van der Waals surface area (Å²) in [5, 5.41) is 0. The summed E-state index contributed by atoms with van der Waals surface area (Å²) in [7, 11) is -3.67. The van der Waals surface area contributed by atoms with Crippen molar-refractivity contribution < 1.29 is 22.7 Å². The quantitative estimate of drug-likeness (QED) is 0.546. The molecular formula is C25H32N2O5S. The van der Waals surface area contributed by atoms with Crippen LogP contribution in [0.15, 0.2) is 53.4 Å². The molecule has 0 spiro atoms. The predicted molar refractivity (Wildman–Crippen MR) is 126 cm³/mol. The van der Waals surface area contributed by atoms with Gasteiger partial charge in [-0.25, -0.2) is 13.2 Å². The standard InChI is InChI=1S/C25H32N2O5S/c1-19(2)27(17-21-10-6-4-7-11-21)24(28)18-32-25(29)23-16-22(13-12-20(23)3)33(30,31)26-14-8-5-9-15-26/h4,6-7,10-13,16,19H,5,8-9,14-15,17-18H2,1-3H3. The van der Waals surface area contributed by atoms with Gasteiger partial charge in [-0.05, 0) is 56.9 Å². The van der Waals surface area contributed by atoms with Crippen molar-refractivity contribution in [2.24, 2.45) is 0 Å². The minimum Gasteiger partial charge on any atom is -0.452 e. The summed E-state index contributed by atoms with van der Waals surface area (Å²) >= 11 is 0. The fourth-order valence-corrected chi connectivity index (χ4v) is 5.41. The Morgan fingerprint density at radius 3 is 2.33 bits per heavy atom. The zero-order valence-electron chi connectivity index (χ0n) is 19.5. The Hall–Kier alpha value is -2.71. The second-order valence-electron chi connectivity index (χ2n) is 8.62. The van der Waals surface area contributed by atoms with Crippen LogP contribution >= 0.6 is 0 Å². The second kappa shape index (κ2) is 10.9. The number of ether oxygens (including phenoxy) is 1. The first-order chi connectivity index (χ1) is 15.7. The first-order valence-electron chi connectivity index (χ1n) is 11.3. The predicted octanol–water partition coefficient (Wildman–Crippen LogP) is 3.76. The molecule has 178 valence electrons. The minimum absolute atomic E-state index is 0.0705. The van der Waals surface area contributed by atoms with Crippen molar-refractivity contribution in [3.8, 4) is 0 Å². The zero-order valence-corrected chi connectivity index (χ0v) is 20.3. The molecule has 0 N–H and O–H groups in total. The first kappa shape index (κ1) is 24.9. The molecule has 3 rings (SSSR count). The lowest BCUT2D eigenvalue weighted by Gasteiger charge is -2.27. The summed E-state index contributed by atoms with van der Waals surface area (Å²) < 4.78 is 32.8. The van der Waals surface area contributed by atoms with Crippen molar-refractivity contribution in [2.75, 3.05) is 19.7 Å². The van der Waals surface area contributed by atoms with Gasteiger partial charge >= 0.3 is 5.97 Å². The van der Waals surface area contributed by atoms with Crippen LogP contribution in [-0.2, 0) is 26.1 Å². The van der Waals surface area contributed by atoms with Crippen LogP contribution in [0.4, 0.5) is 0 Å². The molecule has 1 aliphatic rings. The molecule has 1 aliphatic heterocycles. The van der Waals surface area contributed by atoms with Gasteiger partial charge in [0.2, 0.25) is 10.0 Å². The molecule has 0 atom stereocenters. The lowest BCUT2D eigenvalue weighted by Crippen LogP contribution is -2.39. The number of hydrogen-bond acceptors (Lipinski definition) is 5. The third-order valence-corrected chi connectivity index (χ3v) is 7.74. The zero-order chi connectivity index (χ0) is 24.0. The molecule has 33 heavy (non-hydrogen) atoms. The number of hydrogen-bond donors (Lipinski definition) is 0. The van der Waals surface area contributed by atoms with Crippen LogP contribution in [0.25, 0.3) is 0 Å². The van der Waals surface area contributed by atoms with Gasteiger partial charge in [0.05, 0.1) is 10.5 Å². The van der Waals surface area contributed by atoms with Gasteiger partial charge in [-0.2, -0.15) is 4.31 Å². The molecule has 1 fully saturated rings. The smallest absolute Gasteiger partial charge is 0.338 e. The van der Waals surface area contributed by atoms with Crippen molar-refractivity contribution in [1.82, 2.24) is 9.21 Å². The lowest BCUT2D eigenvalue weighted by molar-refractivity contribution is -0.136. The molecule has 8 heteroatoms. The van der Waals surface area contributed by atoms with Gasteiger partial charge in [0.25, 0.3) is 5.91 Å². The van der Waals surface area contributed by atoms with Gasteiger partial charge in [0.1, 0.15) is 0 Å². The van der Waals surface area contributed by atoms with Gasteiger partial charge in [0, 0.05) is 25.7 Å². The Labute approximate surface area is 196 Å². The van der Waals surface area contributed by atoms with Crippen LogP contribution in [0, 0.1) is 6.92 Å². The van der Waals surface area contributed by atoms with Crippen molar-refractivity contribution >= 4 is 21.9 Å². The van der Waals surface area contributed by atoms with E-state index in [1.54, 1.807) is 17.9 Å². The van der Waals surface area contributed by atoms with Gasteiger partial charge in [-0.15, -0.1) is 0 Å². The number of piperidine rings is 1. The number of rotatable bonds is 8. The number of aryl methyl sites for hydroxylation is 1. The molecule has 2 aromatic carbocycles. The molecule has 0 aromatic heterocycles. The highest BCUT2D eigenvalue weighted by atomic mass is 32.2. The van der Waals surface area contributed by atoms with Crippen molar-refractivity contribution in [1.29, 1.82) is 0 Å². The number of amides is 1. The SMILES string of the molecule is Cc1ccc(S(=O)(=O)N2CCCCC2)cc1C(=O)OCC(=O)N(Cc1ccccc1)C(C)C. The molecule has 0 unspecified atom stereocenters. The van der Waals surface area contributed by atoms with E-state index < -0.39 is 22.6 Å². The molecule has 0 saturated carbocycles. The molecule has 0 aliphatic carbocycles. The molecule has 0 bridgehead atoms. The van der Waals surface area contributed by atoms with E-state index in [0.29, 0.717) is 25.2 Å². The van der Waals surface area contributed by atoms with E-state index in [1.165, 1.54) is 16.4 Å². The largest absolute Gasteiger partial charge is 0.452 e. The maximum atomic E-state index is 13.0. The monoisotopic (exact) mass is 472 g/mol. The van der Waals surface area contributed by atoms with E-state index in [2.05, 4.69) is 0 Å². The highest BCUT2D eigenvalue weighted by Gasteiger charge is 2.27. The maximum Gasteiger partial charge on any atom is 0.338 e. The van der Waals surface area contributed by atoms with E-state index in [9.17, 15) is 18.0 Å². The van der Waals surface area contributed by atoms with E-state index in [-0.39, 0.29) is 22.4 Å². The molecule has 1 saturated heterocycles. The Kier molecular flexibility index (Phi) is 8.26. The summed E-state index contributed by atoms with van der Waals surface area (Å²) in [6.07, 6.45) is 2.68. The van der Waals surface area contributed by atoms with Crippen molar-refractivity contribution in [3.05, 3.63) is 65.2 Å². The molecular weight excluding hydrogens is 440 g/mol.